The molecule has 6 nitrogen and oxygen atoms in total. The summed E-state index contributed by atoms with van der Waals surface area (Å²) in [6.07, 6.45) is 1.22. The smallest absolute Gasteiger partial charge is 0.240 e. The Morgan fingerprint density at radius 3 is 3.10 bits per heavy atom. The Morgan fingerprint density at radius 1 is 1.55 bits per heavy atom. The molecule has 0 spiro atoms. The third kappa shape index (κ3) is 2.44. The van der Waals surface area contributed by atoms with Gasteiger partial charge in [-0.3, -0.25) is 5.43 Å². The van der Waals surface area contributed by atoms with Crippen LogP contribution in [-0.4, -0.2) is 35.8 Å². The van der Waals surface area contributed by atoms with Crippen LogP contribution in [0.2, 0.25) is 0 Å². The second-order valence-electron chi connectivity index (χ2n) is 4.93. The average molecular weight is 293 g/mol. The van der Waals surface area contributed by atoms with Gasteiger partial charge < -0.3 is 9.64 Å². The highest BCUT2D eigenvalue weighted by molar-refractivity contribution is 7.18. The minimum atomic E-state index is 0.215. The van der Waals surface area contributed by atoms with Crippen molar-refractivity contribution in [1.82, 2.24) is 9.97 Å². The summed E-state index contributed by atoms with van der Waals surface area (Å²) in [5, 5.41) is 1.11. The Bertz CT molecular complexity index is 614. The normalized spacial score (nSPS) is 19.6. The summed E-state index contributed by atoms with van der Waals surface area (Å²) in [6.45, 7) is 6.64. The Labute approximate surface area is 121 Å². The molecule has 2 aromatic rings. The molecule has 1 unspecified atom stereocenters. The predicted molar refractivity (Wildman–Crippen MR) is 82.2 cm³/mol. The van der Waals surface area contributed by atoms with E-state index in [1.165, 1.54) is 4.88 Å². The van der Waals surface area contributed by atoms with E-state index in [2.05, 4.69) is 40.2 Å². The van der Waals surface area contributed by atoms with Gasteiger partial charge in [0.2, 0.25) is 5.95 Å². The first-order chi connectivity index (χ1) is 9.71. The van der Waals surface area contributed by atoms with Crippen LogP contribution in [-0.2, 0) is 11.2 Å². The summed E-state index contributed by atoms with van der Waals surface area (Å²) in [4.78, 5) is 13.6. The lowest BCUT2D eigenvalue weighted by molar-refractivity contribution is 0.0530. The third-order valence-corrected chi connectivity index (χ3v) is 4.62. The first-order valence-electron chi connectivity index (χ1n) is 6.85. The van der Waals surface area contributed by atoms with E-state index >= 15 is 0 Å². The number of thiophene rings is 1. The van der Waals surface area contributed by atoms with E-state index < -0.39 is 0 Å². The zero-order valence-corrected chi connectivity index (χ0v) is 12.5. The molecule has 1 aliphatic rings. The molecular weight excluding hydrogens is 274 g/mol. The number of nitrogens with two attached hydrogens (primary N) is 1. The van der Waals surface area contributed by atoms with Gasteiger partial charge in [0.15, 0.2) is 0 Å². The summed E-state index contributed by atoms with van der Waals surface area (Å²) in [6, 6.07) is 2.19. The number of rotatable bonds is 3. The highest BCUT2D eigenvalue weighted by Crippen LogP contribution is 2.32. The lowest BCUT2D eigenvalue weighted by Gasteiger charge is -2.32. The number of aromatic nitrogens is 2. The van der Waals surface area contributed by atoms with E-state index in [4.69, 9.17) is 10.6 Å². The molecule has 3 rings (SSSR count). The summed E-state index contributed by atoms with van der Waals surface area (Å²) in [5.74, 6) is 6.91. The van der Waals surface area contributed by atoms with Crippen molar-refractivity contribution in [2.45, 2.75) is 26.4 Å². The van der Waals surface area contributed by atoms with Crippen molar-refractivity contribution in [1.29, 1.82) is 0 Å². The van der Waals surface area contributed by atoms with Crippen molar-refractivity contribution in [3.8, 4) is 0 Å². The maximum atomic E-state index is 5.60. The molecule has 3 heterocycles. The van der Waals surface area contributed by atoms with Crippen molar-refractivity contribution < 1.29 is 4.74 Å². The molecule has 1 atom stereocenters. The molecule has 20 heavy (non-hydrogen) atoms. The summed E-state index contributed by atoms with van der Waals surface area (Å²) < 4.78 is 5.60. The first kappa shape index (κ1) is 13.5. The lowest BCUT2D eigenvalue weighted by atomic mass is 10.2. The van der Waals surface area contributed by atoms with E-state index in [9.17, 15) is 0 Å². The number of hydrogen-bond acceptors (Lipinski definition) is 7. The van der Waals surface area contributed by atoms with Gasteiger partial charge in [-0.15, -0.1) is 11.3 Å². The van der Waals surface area contributed by atoms with Crippen molar-refractivity contribution >= 4 is 33.3 Å². The molecule has 0 saturated carbocycles. The minimum Gasteiger partial charge on any atom is -0.375 e. The molecule has 1 aliphatic heterocycles. The summed E-state index contributed by atoms with van der Waals surface area (Å²) in [5.41, 5.74) is 2.56. The van der Waals surface area contributed by atoms with Crippen LogP contribution in [0.25, 0.3) is 10.2 Å². The maximum absolute atomic E-state index is 5.60. The Kier molecular flexibility index (Phi) is 3.73. The predicted octanol–water partition coefficient (Wildman–Crippen LogP) is 1.76. The topological polar surface area (TPSA) is 76.3 Å². The molecule has 0 aromatic carbocycles. The molecule has 108 valence electrons. The second kappa shape index (κ2) is 5.51. The number of nitrogens with one attached hydrogen (secondary N) is 1. The molecule has 2 aromatic heterocycles. The van der Waals surface area contributed by atoms with E-state index in [1.807, 2.05) is 0 Å². The van der Waals surface area contributed by atoms with Crippen LogP contribution in [0, 0.1) is 0 Å². The van der Waals surface area contributed by atoms with Crippen LogP contribution >= 0.6 is 11.3 Å². The number of fused-ring (bicyclic) bond motifs is 1. The minimum absolute atomic E-state index is 0.215. The van der Waals surface area contributed by atoms with E-state index in [0.717, 1.165) is 42.2 Å². The molecule has 1 fully saturated rings. The van der Waals surface area contributed by atoms with Crippen molar-refractivity contribution in [3.05, 3.63) is 10.9 Å². The van der Waals surface area contributed by atoms with Gasteiger partial charge in [0.25, 0.3) is 0 Å². The number of anilines is 2. The maximum Gasteiger partial charge on any atom is 0.240 e. The van der Waals surface area contributed by atoms with Crippen LogP contribution in [0.1, 0.15) is 18.7 Å². The summed E-state index contributed by atoms with van der Waals surface area (Å²) >= 11 is 1.70. The Hall–Kier alpha value is -1.44. The van der Waals surface area contributed by atoms with Gasteiger partial charge in [0.05, 0.1) is 18.1 Å². The monoisotopic (exact) mass is 293 g/mol. The zero-order valence-electron chi connectivity index (χ0n) is 11.7. The number of nitrogens with zero attached hydrogens (tertiary/aromatic N) is 3. The number of morpholine rings is 1. The van der Waals surface area contributed by atoms with Crippen molar-refractivity contribution in [3.63, 3.8) is 0 Å². The van der Waals surface area contributed by atoms with Gasteiger partial charge in [0.1, 0.15) is 10.6 Å². The number of hydrogen-bond donors (Lipinski definition) is 2. The molecule has 0 amide bonds. The molecule has 0 radical (unpaired) electrons. The fraction of sp³-hybridized carbons (Fsp3) is 0.538. The van der Waals surface area contributed by atoms with Crippen LogP contribution in [0.3, 0.4) is 0 Å². The third-order valence-electron chi connectivity index (χ3n) is 3.44. The van der Waals surface area contributed by atoms with Crippen molar-refractivity contribution in [2.75, 3.05) is 30.0 Å². The highest BCUT2D eigenvalue weighted by atomic mass is 32.1. The standard InChI is InChI=1S/C13H19N5OS/c1-3-9-6-10-11(18-4-5-19-8(2)7-18)15-13(17-14)16-12(10)20-9/h6,8H,3-5,7,14H2,1-2H3,(H,15,16,17). The second-order valence-corrected chi connectivity index (χ2v) is 6.04. The quantitative estimate of drug-likeness (QED) is 0.663. The SMILES string of the molecule is CCc1cc2c(N3CCOC(C)C3)nc(NN)nc2s1. The highest BCUT2D eigenvalue weighted by Gasteiger charge is 2.22. The molecule has 1 saturated heterocycles. The largest absolute Gasteiger partial charge is 0.375 e. The van der Waals surface area contributed by atoms with Gasteiger partial charge in [0, 0.05) is 18.0 Å². The van der Waals surface area contributed by atoms with E-state index in [0.29, 0.717) is 5.95 Å². The fourth-order valence-corrected chi connectivity index (χ4v) is 3.41. The number of ether oxygens (including phenoxy) is 1. The van der Waals surface area contributed by atoms with Crippen LogP contribution in [0.15, 0.2) is 6.07 Å². The zero-order chi connectivity index (χ0) is 14.1. The Balaban J connectivity index is 2.09. The molecule has 3 N–H and O–H groups in total. The molecule has 0 bridgehead atoms. The average Bonchev–Trinajstić information content (AvgIpc) is 2.89. The number of aryl methyl sites for hydroxylation is 1. The van der Waals surface area contributed by atoms with Crippen LogP contribution in [0.5, 0.6) is 0 Å². The molecule has 7 heteroatoms. The fourth-order valence-electron chi connectivity index (χ4n) is 2.45. The van der Waals surface area contributed by atoms with Gasteiger partial charge in [-0.2, -0.15) is 4.98 Å². The van der Waals surface area contributed by atoms with Crippen LogP contribution in [0.4, 0.5) is 11.8 Å². The Morgan fingerprint density at radius 2 is 2.40 bits per heavy atom. The van der Waals surface area contributed by atoms with Crippen LogP contribution < -0.4 is 16.2 Å². The first-order valence-corrected chi connectivity index (χ1v) is 7.66. The van der Waals surface area contributed by atoms with E-state index in [1.54, 1.807) is 11.3 Å². The summed E-state index contributed by atoms with van der Waals surface area (Å²) in [7, 11) is 0. The van der Waals surface area contributed by atoms with Gasteiger partial charge in [-0.05, 0) is 19.4 Å². The van der Waals surface area contributed by atoms with Gasteiger partial charge in [-0.25, -0.2) is 10.8 Å². The number of hydrazine groups is 1. The van der Waals surface area contributed by atoms with Gasteiger partial charge >= 0.3 is 0 Å². The van der Waals surface area contributed by atoms with Crippen molar-refractivity contribution in [2.24, 2.45) is 5.84 Å². The van der Waals surface area contributed by atoms with Gasteiger partial charge in [-0.1, -0.05) is 6.92 Å². The molecule has 0 aliphatic carbocycles. The molecular formula is C13H19N5OS. The number of nitrogen functional groups attached to an aromatic ring is 1. The van der Waals surface area contributed by atoms with E-state index in [-0.39, 0.29) is 6.10 Å². The lowest BCUT2D eigenvalue weighted by Crippen LogP contribution is -2.41.